The summed E-state index contributed by atoms with van der Waals surface area (Å²) in [4.78, 5) is 20.3. The zero-order chi connectivity index (χ0) is 22.7. The molecule has 1 aliphatic rings. The van der Waals surface area contributed by atoms with Gasteiger partial charge in [-0.3, -0.25) is 9.78 Å². The van der Waals surface area contributed by atoms with Crippen LogP contribution in [0.15, 0.2) is 36.7 Å². The van der Waals surface area contributed by atoms with Gasteiger partial charge in [0.1, 0.15) is 12.4 Å². The summed E-state index contributed by atoms with van der Waals surface area (Å²) in [6.07, 6.45) is 3.79. The summed E-state index contributed by atoms with van der Waals surface area (Å²) in [5.74, 6) is -0.125. The van der Waals surface area contributed by atoms with E-state index in [9.17, 15) is 9.18 Å². The fourth-order valence-electron chi connectivity index (χ4n) is 3.63. The Kier molecular flexibility index (Phi) is 6.27. The fraction of sp³-hybridized carbons (Fsp3) is 0.304. The van der Waals surface area contributed by atoms with Gasteiger partial charge in [0, 0.05) is 37.5 Å². The van der Waals surface area contributed by atoms with Crippen LogP contribution in [0.3, 0.4) is 0 Å². The van der Waals surface area contributed by atoms with Crippen LogP contribution < -0.4 is 20.1 Å². The highest BCUT2D eigenvalue weighted by molar-refractivity contribution is 6.06. The maximum absolute atomic E-state index is 14.3. The number of pyridine rings is 1. The number of halogens is 1. The van der Waals surface area contributed by atoms with Gasteiger partial charge in [0.05, 0.1) is 42.0 Å². The molecule has 8 nitrogen and oxygen atoms in total. The number of fused-ring (bicyclic) bond motifs is 1. The molecule has 32 heavy (non-hydrogen) atoms. The lowest BCUT2D eigenvalue weighted by atomic mass is 10.0. The molecule has 3 aromatic rings. The SMILES string of the molecule is COc1c(F)cccc1Nc1c(-c2ccncc2OCC(C)OC)[nH]c2c1C(=O)NCC2. The number of methoxy groups -OCH3 is 2. The Morgan fingerprint density at radius 2 is 2.12 bits per heavy atom. The van der Waals surface area contributed by atoms with Crippen molar-refractivity contribution in [1.29, 1.82) is 0 Å². The number of hydrogen-bond acceptors (Lipinski definition) is 6. The summed E-state index contributed by atoms with van der Waals surface area (Å²) in [6.45, 7) is 2.76. The Bertz CT molecular complexity index is 1130. The maximum Gasteiger partial charge on any atom is 0.255 e. The first-order valence-electron chi connectivity index (χ1n) is 10.3. The summed E-state index contributed by atoms with van der Waals surface area (Å²) in [5.41, 5.74) is 3.53. The molecular formula is C23H25FN4O4. The molecule has 0 aliphatic carbocycles. The van der Waals surface area contributed by atoms with Crippen molar-refractivity contribution in [2.24, 2.45) is 0 Å². The van der Waals surface area contributed by atoms with Gasteiger partial charge in [-0.05, 0) is 25.1 Å². The second-order valence-electron chi connectivity index (χ2n) is 7.41. The van der Waals surface area contributed by atoms with Crippen LogP contribution >= 0.6 is 0 Å². The molecule has 1 atom stereocenters. The number of benzene rings is 1. The number of anilines is 2. The lowest BCUT2D eigenvalue weighted by Crippen LogP contribution is -2.31. The van der Waals surface area contributed by atoms with Gasteiger partial charge >= 0.3 is 0 Å². The molecule has 9 heteroatoms. The minimum atomic E-state index is -0.505. The van der Waals surface area contributed by atoms with Gasteiger partial charge in [-0.2, -0.15) is 0 Å². The molecule has 3 N–H and O–H groups in total. The molecule has 4 rings (SSSR count). The van der Waals surface area contributed by atoms with E-state index in [1.165, 1.54) is 13.2 Å². The van der Waals surface area contributed by atoms with Crippen LogP contribution in [-0.4, -0.2) is 49.4 Å². The number of nitrogens with zero attached hydrogens (tertiary/aromatic N) is 1. The Hall–Kier alpha value is -3.59. The van der Waals surface area contributed by atoms with Crippen LogP contribution in [0.2, 0.25) is 0 Å². The van der Waals surface area contributed by atoms with Gasteiger partial charge in [-0.15, -0.1) is 0 Å². The number of aromatic nitrogens is 2. The number of ether oxygens (including phenoxy) is 3. The number of H-pyrrole nitrogens is 1. The predicted molar refractivity (Wildman–Crippen MR) is 118 cm³/mol. The maximum atomic E-state index is 14.3. The lowest BCUT2D eigenvalue weighted by Gasteiger charge is -2.17. The number of nitrogens with one attached hydrogen (secondary N) is 3. The standard InChI is InChI=1S/C23H25FN4O4/c1-13(30-2)12-32-18-11-25-9-7-14(18)20-21(19-16(27-20)8-10-26-23(19)29)28-17-6-4-5-15(24)22(17)31-3/h4-7,9,11,13,27-28H,8,10,12H2,1-3H3,(H,26,29). The largest absolute Gasteiger partial charge is 0.492 e. The van der Waals surface area contributed by atoms with E-state index in [-0.39, 0.29) is 17.8 Å². The molecule has 2 aromatic heterocycles. The molecule has 1 aromatic carbocycles. The Balaban J connectivity index is 1.83. The number of rotatable bonds is 8. The molecule has 1 unspecified atom stereocenters. The minimum absolute atomic E-state index is 0.0599. The summed E-state index contributed by atoms with van der Waals surface area (Å²) in [5, 5.41) is 6.08. The average Bonchev–Trinajstić information content (AvgIpc) is 3.17. The van der Waals surface area contributed by atoms with Crippen molar-refractivity contribution in [3.8, 4) is 22.8 Å². The topological polar surface area (TPSA) is 97.5 Å². The lowest BCUT2D eigenvalue weighted by molar-refractivity contribution is 0.0717. The van der Waals surface area contributed by atoms with E-state index in [0.717, 1.165) is 5.69 Å². The molecular weight excluding hydrogens is 415 g/mol. The number of hydrogen-bond donors (Lipinski definition) is 3. The van der Waals surface area contributed by atoms with E-state index in [4.69, 9.17) is 14.2 Å². The summed E-state index contributed by atoms with van der Waals surface area (Å²) < 4.78 is 30.8. The van der Waals surface area contributed by atoms with Crippen LogP contribution in [0.1, 0.15) is 23.0 Å². The molecule has 1 aliphatic heterocycles. The van der Waals surface area contributed by atoms with Crippen molar-refractivity contribution >= 4 is 17.3 Å². The van der Waals surface area contributed by atoms with E-state index in [2.05, 4.69) is 20.6 Å². The number of amides is 1. The highest BCUT2D eigenvalue weighted by atomic mass is 19.1. The zero-order valence-corrected chi connectivity index (χ0v) is 18.1. The Morgan fingerprint density at radius 1 is 1.28 bits per heavy atom. The summed E-state index contributed by atoms with van der Waals surface area (Å²) in [6, 6.07) is 6.38. The molecule has 1 amide bonds. The summed E-state index contributed by atoms with van der Waals surface area (Å²) in [7, 11) is 3.01. The fourth-order valence-corrected chi connectivity index (χ4v) is 3.63. The first kappa shape index (κ1) is 21.6. The quantitative estimate of drug-likeness (QED) is 0.495. The third kappa shape index (κ3) is 4.11. The number of carbonyl (C=O) groups is 1. The number of aromatic amines is 1. The molecule has 0 spiro atoms. The highest BCUT2D eigenvalue weighted by Crippen LogP contribution is 2.41. The first-order chi connectivity index (χ1) is 15.5. The van der Waals surface area contributed by atoms with Crippen molar-refractivity contribution in [2.75, 3.05) is 32.7 Å². The van der Waals surface area contributed by atoms with E-state index in [1.54, 1.807) is 37.7 Å². The van der Waals surface area contributed by atoms with Crippen LogP contribution in [0.25, 0.3) is 11.3 Å². The van der Waals surface area contributed by atoms with Crippen LogP contribution in [0.4, 0.5) is 15.8 Å². The zero-order valence-electron chi connectivity index (χ0n) is 18.1. The molecule has 0 bridgehead atoms. The van der Waals surface area contributed by atoms with E-state index < -0.39 is 5.82 Å². The normalized spacial score (nSPS) is 13.8. The average molecular weight is 440 g/mol. The molecule has 0 radical (unpaired) electrons. The van der Waals surface area contributed by atoms with Gasteiger partial charge in [0.15, 0.2) is 11.6 Å². The first-order valence-corrected chi connectivity index (χ1v) is 10.3. The van der Waals surface area contributed by atoms with Gasteiger partial charge < -0.3 is 29.8 Å². The van der Waals surface area contributed by atoms with E-state index >= 15 is 0 Å². The number of para-hydroxylation sites is 1. The molecule has 0 saturated carbocycles. The van der Waals surface area contributed by atoms with Gasteiger partial charge in [0.2, 0.25) is 0 Å². The van der Waals surface area contributed by atoms with E-state index in [0.29, 0.717) is 53.5 Å². The predicted octanol–water partition coefficient (Wildman–Crippen LogP) is 3.67. The molecule has 168 valence electrons. The minimum Gasteiger partial charge on any atom is -0.492 e. The monoisotopic (exact) mass is 440 g/mol. The van der Waals surface area contributed by atoms with Gasteiger partial charge in [-0.25, -0.2) is 4.39 Å². The second kappa shape index (κ2) is 9.27. The van der Waals surface area contributed by atoms with Crippen molar-refractivity contribution < 1.29 is 23.4 Å². The molecule has 3 heterocycles. The van der Waals surface area contributed by atoms with Gasteiger partial charge in [-0.1, -0.05) is 6.07 Å². The Labute approximate surface area is 185 Å². The van der Waals surface area contributed by atoms with Crippen LogP contribution in [0.5, 0.6) is 11.5 Å². The third-order valence-corrected chi connectivity index (χ3v) is 5.33. The highest BCUT2D eigenvalue weighted by Gasteiger charge is 2.29. The van der Waals surface area contributed by atoms with Crippen LogP contribution in [0, 0.1) is 5.82 Å². The second-order valence-corrected chi connectivity index (χ2v) is 7.41. The molecule has 0 saturated heterocycles. The van der Waals surface area contributed by atoms with Crippen molar-refractivity contribution in [3.63, 3.8) is 0 Å². The van der Waals surface area contributed by atoms with E-state index in [1.807, 2.05) is 6.92 Å². The molecule has 0 fully saturated rings. The van der Waals surface area contributed by atoms with Crippen molar-refractivity contribution in [1.82, 2.24) is 15.3 Å². The van der Waals surface area contributed by atoms with Crippen molar-refractivity contribution in [2.45, 2.75) is 19.4 Å². The Morgan fingerprint density at radius 3 is 2.91 bits per heavy atom. The summed E-state index contributed by atoms with van der Waals surface area (Å²) >= 11 is 0. The number of carbonyl (C=O) groups excluding carboxylic acids is 1. The third-order valence-electron chi connectivity index (χ3n) is 5.33. The van der Waals surface area contributed by atoms with Gasteiger partial charge in [0.25, 0.3) is 5.91 Å². The van der Waals surface area contributed by atoms with Crippen molar-refractivity contribution in [3.05, 3.63) is 53.7 Å². The smallest absolute Gasteiger partial charge is 0.255 e. The van der Waals surface area contributed by atoms with Crippen LogP contribution in [-0.2, 0) is 11.2 Å².